The molecule has 23 heavy (non-hydrogen) atoms. The Hall–Kier alpha value is -2.14. The highest BCUT2D eigenvalue weighted by atomic mass is 79.9. The number of H-pyrrole nitrogens is 1. The standard InChI is InChI=1S/C12H14BrN5O4S/c1-2-22-12(19)18-23(20,21)7-15-11-9(13)10(16-17-11)8-5-3-4-6-14-8/h3-6H,2,7H2,1H3,(H,18,19)(H2,15,16,17). The number of ether oxygens (including phenoxy) is 1. The molecule has 2 rings (SSSR count). The van der Waals surface area contributed by atoms with Crippen molar-refractivity contribution in [2.75, 3.05) is 17.8 Å². The molecule has 11 heteroatoms. The SMILES string of the molecule is CCOC(=O)NS(=O)(=O)CNc1n[nH]c(-c2ccccn2)c1Br. The van der Waals surface area contributed by atoms with Gasteiger partial charge in [-0.05, 0) is 35.0 Å². The first-order valence-electron chi connectivity index (χ1n) is 6.49. The molecule has 0 unspecified atom stereocenters. The van der Waals surface area contributed by atoms with Crippen molar-refractivity contribution in [2.24, 2.45) is 0 Å². The van der Waals surface area contributed by atoms with Crippen LogP contribution in [0.2, 0.25) is 0 Å². The van der Waals surface area contributed by atoms with Gasteiger partial charge in [0.05, 0.1) is 22.5 Å². The number of hydrogen-bond acceptors (Lipinski definition) is 7. The molecule has 124 valence electrons. The molecule has 0 saturated heterocycles. The van der Waals surface area contributed by atoms with Crippen LogP contribution in [0.4, 0.5) is 10.6 Å². The topological polar surface area (TPSA) is 126 Å². The Labute approximate surface area is 141 Å². The second kappa shape index (κ2) is 7.42. The van der Waals surface area contributed by atoms with E-state index in [0.717, 1.165) is 0 Å². The fourth-order valence-electron chi connectivity index (χ4n) is 1.61. The van der Waals surface area contributed by atoms with E-state index in [1.807, 2.05) is 6.07 Å². The third-order valence-electron chi connectivity index (χ3n) is 2.57. The summed E-state index contributed by atoms with van der Waals surface area (Å²) in [5.41, 5.74) is 1.25. The van der Waals surface area contributed by atoms with E-state index < -0.39 is 22.0 Å². The number of hydrogen-bond donors (Lipinski definition) is 3. The fraction of sp³-hybridized carbons (Fsp3) is 0.250. The van der Waals surface area contributed by atoms with Crippen molar-refractivity contribution in [3.05, 3.63) is 28.9 Å². The van der Waals surface area contributed by atoms with Gasteiger partial charge in [-0.25, -0.2) is 17.9 Å². The summed E-state index contributed by atoms with van der Waals surface area (Å²) in [6, 6.07) is 5.37. The summed E-state index contributed by atoms with van der Waals surface area (Å²) >= 11 is 3.33. The largest absolute Gasteiger partial charge is 0.449 e. The van der Waals surface area contributed by atoms with E-state index in [0.29, 0.717) is 15.9 Å². The van der Waals surface area contributed by atoms with Gasteiger partial charge in [-0.3, -0.25) is 10.1 Å². The number of pyridine rings is 1. The Kier molecular flexibility index (Phi) is 5.55. The normalized spacial score (nSPS) is 11.0. The second-order valence-electron chi connectivity index (χ2n) is 4.23. The summed E-state index contributed by atoms with van der Waals surface area (Å²) in [6.45, 7) is 1.65. The van der Waals surface area contributed by atoms with Crippen molar-refractivity contribution in [2.45, 2.75) is 6.92 Å². The van der Waals surface area contributed by atoms with Crippen LogP contribution in [-0.4, -0.2) is 42.2 Å². The van der Waals surface area contributed by atoms with Gasteiger partial charge in [0.15, 0.2) is 5.82 Å². The number of rotatable bonds is 6. The molecule has 0 spiro atoms. The number of aromatic amines is 1. The molecule has 2 aromatic rings. The quantitative estimate of drug-likeness (QED) is 0.669. The Morgan fingerprint density at radius 2 is 2.22 bits per heavy atom. The highest BCUT2D eigenvalue weighted by Gasteiger charge is 2.18. The molecule has 2 aromatic heterocycles. The Morgan fingerprint density at radius 3 is 2.87 bits per heavy atom. The predicted octanol–water partition coefficient (Wildman–Crippen LogP) is 1.68. The maximum Gasteiger partial charge on any atom is 0.420 e. The summed E-state index contributed by atoms with van der Waals surface area (Å²) < 4.78 is 30.3. The van der Waals surface area contributed by atoms with Gasteiger partial charge in [-0.1, -0.05) is 6.07 Å². The van der Waals surface area contributed by atoms with Crippen molar-refractivity contribution in [3.8, 4) is 11.4 Å². The molecule has 0 atom stereocenters. The minimum atomic E-state index is -3.90. The molecule has 0 radical (unpaired) electrons. The van der Waals surface area contributed by atoms with E-state index >= 15 is 0 Å². The molecule has 0 aromatic carbocycles. The number of carbonyl (C=O) groups is 1. The van der Waals surface area contributed by atoms with Gasteiger partial charge in [0.2, 0.25) is 0 Å². The molecule has 0 aliphatic carbocycles. The van der Waals surface area contributed by atoms with Crippen LogP contribution >= 0.6 is 15.9 Å². The number of halogens is 1. The lowest BCUT2D eigenvalue weighted by Gasteiger charge is -2.07. The third-order valence-corrected chi connectivity index (χ3v) is 4.35. The van der Waals surface area contributed by atoms with Crippen molar-refractivity contribution < 1.29 is 17.9 Å². The zero-order chi connectivity index (χ0) is 16.9. The van der Waals surface area contributed by atoms with E-state index in [-0.39, 0.29) is 12.4 Å². The number of anilines is 1. The predicted molar refractivity (Wildman–Crippen MR) is 87.1 cm³/mol. The maximum absolute atomic E-state index is 11.7. The zero-order valence-electron chi connectivity index (χ0n) is 12.0. The number of nitrogens with zero attached hydrogens (tertiary/aromatic N) is 2. The number of carbonyl (C=O) groups excluding carboxylic acids is 1. The Morgan fingerprint density at radius 1 is 1.43 bits per heavy atom. The molecule has 9 nitrogen and oxygen atoms in total. The van der Waals surface area contributed by atoms with Gasteiger partial charge in [-0.15, -0.1) is 0 Å². The van der Waals surface area contributed by atoms with Crippen LogP contribution in [0.25, 0.3) is 11.4 Å². The van der Waals surface area contributed by atoms with Crippen LogP contribution in [0.5, 0.6) is 0 Å². The number of sulfonamides is 1. The minimum Gasteiger partial charge on any atom is -0.449 e. The summed E-state index contributed by atoms with van der Waals surface area (Å²) in [4.78, 5) is 15.3. The average Bonchev–Trinajstić information content (AvgIpc) is 2.87. The van der Waals surface area contributed by atoms with E-state index in [9.17, 15) is 13.2 Å². The van der Waals surface area contributed by atoms with Gasteiger partial charge in [0.1, 0.15) is 5.88 Å². The van der Waals surface area contributed by atoms with Crippen LogP contribution in [0.1, 0.15) is 6.92 Å². The van der Waals surface area contributed by atoms with Crippen LogP contribution in [0.3, 0.4) is 0 Å². The first-order valence-corrected chi connectivity index (χ1v) is 8.94. The Balaban J connectivity index is 2.05. The minimum absolute atomic E-state index is 0.0765. The molecule has 3 N–H and O–H groups in total. The van der Waals surface area contributed by atoms with Crippen LogP contribution in [0.15, 0.2) is 28.9 Å². The first kappa shape index (κ1) is 17.2. The van der Waals surface area contributed by atoms with Crippen molar-refractivity contribution in [1.82, 2.24) is 19.9 Å². The van der Waals surface area contributed by atoms with E-state index in [4.69, 9.17) is 0 Å². The van der Waals surface area contributed by atoms with Crippen LogP contribution < -0.4 is 10.0 Å². The van der Waals surface area contributed by atoms with E-state index in [1.165, 1.54) is 0 Å². The van der Waals surface area contributed by atoms with Crippen molar-refractivity contribution in [1.29, 1.82) is 0 Å². The van der Waals surface area contributed by atoms with Gasteiger partial charge >= 0.3 is 6.09 Å². The Bertz CT molecular complexity index is 778. The van der Waals surface area contributed by atoms with Crippen LogP contribution in [0, 0.1) is 0 Å². The van der Waals surface area contributed by atoms with Crippen molar-refractivity contribution in [3.63, 3.8) is 0 Å². The number of nitrogens with one attached hydrogen (secondary N) is 3. The highest BCUT2D eigenvalue weighted by Crippen LogP contribution is 2.30. The van der Waals surface area contributed by atoms with Gasteiger partial charge in [0, 0.05) is 6.20 Å². The summed E-state index contributed by atoms with van der Waals surface area (Å²) in [5.74, 6) is -0.267. The molecular weight excluding hydrogens is 390 g/mol. The summed E-state index contributed by atoms with van der Waals surface area (Å²) in [6.07, 6.45) is 0.605. The average molecular weight is 404 g/mol. The molecular formula is C12H14BrN5O4S. The monoisotopic (exact) mass is 403 g/mol. The third kappa shape index (κ3) is 4.66. The lowest BCUT2D eigenvalue weighted by atomic mass is 10.3. The highest BCUT2D eigenvalue weighted by molar-refractivity contribution is 9.10. The second-order valence-corrected chi connectivity index (χ2v) is 6.75. The smallest absolute Gasteiger partial charge is 0.420 e. The lowest BCUT2D eigenvalue weighted by Crippen LogP contribution is -2.35. The lowest BCUT2D eigenvalue weighted by molar-refractivity contribution is 0.158. The molecule has 0 bridgehead atoms. The molecule has 0 fully saturated rings. The van der Waals surface area contributed by atoms with Gasteiger partial charge in [-0.2, -0.15) is 5.10 Å². The molecule has 0 aliphatic heterocycles. The van der Waals surface area contributed by atoms with E-state index in [2.05, 4.69) is 41.2 Å². The molecule has 0 aliphatic rings. The first-order chi connectivity index (χ1) is 10.9. The summed E-state index contributed by atoms with van der Waals surface area (Å²) in [7, 11) is -3.90. The molecule has 1 amide bonds. The molecule has 0 saturated carbocycles. The number of amides is 1. The fourth-order valence-corrected chi connectivity index (χ4v) is 2.85. The van der Waals surface area contributed by atoms with Crippen LogP contribution in [-0.2, 0) is 14.8 Å². The number of aromatic nitrogens is 3. The summed E-state index contributed by atoms with van der Waals surface area (Å²) in [5, 5.41) is 9.35. The van der Waals surface area contributed by atoms with Gasteiger partial charge in [0.25, 0.3) is 10.0 Å². The van der Waals surface area contributed by atoms with E-state index in [1.54, 1.807) is 30.0 Å². The maximum atomic E-state index is 11.7. The van der Waals surface area contributed by atoms with Crippen molar-refractivity contribution >= 4 is 37.9 Å². The zero-order valence-corrected chi connectivity index (χ0v) is 14.4. The van der Waals surface area contributed by atoms with Gasteiger partial charge < -0.3 is 10.1 Å². The molecule has 2 heterocycles.